The van der Waals surface area contributed by atoms with E-state index >= 15 is 0 Å². The Morgan fingerprint density at radius 1 is 1.14 bits per heavy atom. The number of piperazine rings is 1. The molecule has 5 heteroatoms. The van der Waals surface area contributed by atoms with E-state index in [-0.39, 0.29) is 5.91 Å². The summed E-state index contributed by atoms with van der Waals surface area (Å²) in [6.07, 6.45) is 3.79. The Labute approximate surface area is 131 Å². The molecule has 3 rings (SSSR count). The molecule has 0 spiro atoms. The highest BCUT2D eigenvalue weighted by atomic mass is 16.2. The second-order valence-electron chi connectivity index (χ2n) is 5.89. The summed E-state index contributed by atoms with van der Waals surface area (Å²) in [7, 11) is 2.01. The van der Waals surface area contributed by atoms with Crippen molar-refractivity contribution in [2.24, 2.45) is 7.05 Å². The molecule has 5 nitrogen and oxygen atoms in total. The van der Waals surface area contributed by atoms with Gasteiger partial charge in [0.1, 0.15) is 5.82 Å². The lowest BCUT2D eigenvalue weighted by Gasteiger charge is -2.34. The third kappa shape index (κ3) is 3.20. The van der Waals surface area contributed by atoms with Gasteiger partial charge in [0.25, 0.3) is 5.91 Å². The van der Waals surface area contributed by atoms with E-state index in [1.54, 1.807) is 0 Å². The van der Waals surface area contributed by atoms with Crippen LogP contribution in [-0.2, 0) is 13.6 Å². The molecule has 1 aromatic carbocycles. The number of imidazole rings is 1. The Morgan fingerprint density at radius 3 is 2.41 bits per heavy atom. The molecular weight excluding hydrogens is 276 g/mol. The van der Waals surface area contributed by atoms with Crippen molar-refractivity contribution in [3.8, 4) is 0 Å². The van der Waals surface area contributed by atoms with Crippen LogP contribution < -0.4 is 0 Å². The number of carbonyl (C=O) groups is 1. The van der Waals surface area contributed by atoms with E-state index in [9.17, 15) is 4.79 Å². The Balaban J connectivity index is 1.56. The first-order valence-corrected chi connectivity index (χ1v) is 7.68. The number of hydrogen-bond donors (Lipinski definition) is 0. The quantitative estimate of drug-likeness (QED) is 0.866. The smallest absolute Gasteiger partial charge is 0.253 e. The van der Waals surface area contributed by atoms with Crippen LogP contribution in [0.15, 0.2) is 36.7 Å². The lowest BCUT2D eigenvalue weighted by Crippen LogP contribution is -2.48. The maximum atomic E-state index is 12.5. The number of nitrogens with zero attached hydrogens (tertiary/aromatic N) is 4. The predicted molar refractivity (Wildman–Crippen MR) is 85.6 cm³/mol. The van der Waals surface area contributed by atoms with Crippen molar-refractivity contribution in [2.75, 3.05) is 26.2 Å². The van der Waals surface area contributed by atoms with Crippen molar-refractivity contribution >= 4 is 5.91 Å². The molecule has 1 aliphatic rings. The fourth-order valence-electron chi connectivity index (χ4n) is 2.74. The van der Waals surface area contributed by atoms with Gasteiger partial charge in [-0.05, 0) is 19.1 Å². The molecule has 116 valence electrons. The Hall–Kier alpha value is -2.14. The third-order valence-electron chi connectivity index (χ3n) is 4.24. The third-order valence-corrected chi connectivity index (χ3v) is 4.24. The van der Waals surface area contributed by atoms with Crippen molar-refractivity contribution in [3.63, 3.8) is 0 Å². The van der Waals surface area contributed by atoms with Gasteiger partial charge in [0.05, 0.1) is 6.54 Å². The maximum Gasteiger partial charge on any atom is 0.253 e. The molecular formula is C17H22N4O. The average Bonchev–Trinajstić information content (AvgIpc) is 2.93. The second kappa shape index (κ2) is 6.32. The van der Waals surface area contributed by atoms with E-state index in [4.69, 9.17) is 0 Å². The summed E-state index contributed by atoms with van der Waals surface area (Å²) in [6, 6.07) is 7.81. The minimum absolute atomic E-state index is 0.136. The SMILES string of the molecule is Cc1ccc(C(=O)N2CCN(Cc3nccn3C)CC2)cc1. The standard InChI is InChI=1S/C17H22N4O/c1-14-3-5-15(6-4-14)17(22)21-11-9-20(10-12-21)13-16-18-7-8-19(16)2/h3-8H,9-13H2,1-2H3. The lowest BCUT2D eigenvalue weighted by molar-refractivity contribution is 0.0624. The van der Waals surface area contributed by atoms with Crippen molar-refractivity contribution in [2.45, 2.75) is 13.5 Å². The lowest BCUT2D eigenvalue weighted by atomic mass is 10.1. The zero-order valence-electron chi connectivity index (χ0n) is 13.2. The first-order chi connectivity index (χ1) is 10.6. The van der Waals surface area contributed by atoms with E-state index in [0.717, 1.165) is 44.1 Å². The van der Waals surface area contributed by atoms with Crippen LogP contribution in [0.4, 0.5) is 0 Å². The largest absolute Gasteiger partial charge is 0.337 e. The molecule has 22 heavy (non-hydrogen) atoms. The minimum atomic E-state index is 0.136. The summed E-state index contributed by atoms with van der Waals surface area (Å²) < 4.78 is 2.05. The van der Waals surface area contributed by atoms with Gasteiger partial charge >= 0.3 is 0 Å². The summed E-state index contributed by atoms with van der Waals surface area (Å²) in [4.78, 5) is 21.1. The highest BCUT2D eigenvalue weighted by Crippen LogP contribution is 2.11. The highest BCUT2D eigenvalue weighted by Gasteiger charge is 2.22. The minimum Gasteiger partial charge on any atom is -0.337 e. The van der Waals surface area contributed by atoms with Gasteiger partial charge in [0.2, 0.25) is 0 Å². The van der Waals surface area contributed by atoms with Crippen LogP contribution in [0, 0.1) is 6.92 Å². The molecule has 0 aliphatic carbocycles. The zero-order chi connectivity index (χ0) is 15.5. The van der Waals surface area contributed by atoms with Gasteiger partial charge in [0.15, 0.2) is 0 Å². The van der Waals surface area contributed by atoms with Gasteiger partial charge in [-0.1, -0.05) is 17.7 Å². The van der Waals surface area contributed by atoms with E-state index in [0.29, 0.717) is 0 Å². The van der Waals surface area contributed by atoms with Crippen molar-refractivity contribution in [3.05, 3.63) is 53.6 Å². The summed E-state index contributed by atoms with van der Waals surface area (Å²) >= 11 is 0. The van der Waals surface area contributed by atoms with Crippen LogP contribution in [0.3, 0.4) is 0 Å². The van der Waals surface area contributed by atoms with Crippen molar-refractivity contribution in [1.82, 2.24) is 19.4 Å². The normalized spacial score (nSPS) is 16.0. The van der Waals surface area contributed by atoms with Crippen LogP contribution in [0.1, 0.15) is 21.7 Å². The molecule has 1 saturated heterocycles. The monoisotopic (exact) mass is 298 g/mol. The van der Waals surface area contributed by atoms with Crippen molar-refractivity contribution < 1.29 is 4.79 Å². The van der Waals surface area contributed by atoms with Crippen LogP contribution in [0.25, 0.3) is 0 Å². The zero-order valence-corrected chi connectivity index (χ0v) is 13.2. The molecule has 0 atom stereocenters. The summed E-state index contributed by atoms with van der Waals surface area (Å²) in [5.74, 6) is 1.20. The number of benzene rings is 1. The molecule has 2 heterocycles. The molecule has 1 aliphatic heterocycles. The molecule has 0 unspecified atom stereocenters. The van der Waals surface area contributed by atoms with Crippen LogP contribution in [0.5, 0.6) is 0 Å². The molecule has 0 radical (unpaired) electrons. The van der Waals surface area contributed by atoms with Gasteiger partial charge < -0.3 is 9.47 Å². The van der Waals surface area contributed by atoms with E-state index in [2.05, 4.69) is 9.88 Å². The molecule has 1 amide bonds. The van der Waals surface area contributed by atoms with Crippen LogP contribution in [0.2, 0.25) is 0 Å². The average molecular weight is 298 g/mol. The summed E-state index contributed by atoms with van der Waals surface area (Å²) in [6.45, 7) is 6.21. The van der Waals surface area contributed by atoms with Gasteiger partial charge in [-0.15, -0.1) is 0 Å². The Morgan fingerprint density at radius 2 is 1.82 bits per heavy atom. The number of hydrogen-bond acceptors (Lipinski definition) is 3. The van der Waals surface area contributed by atoms with E-state index < -0.39 is 0 Å². The van der Waals surface area contributed by atoms with Gasteiger partial charge in [0, 0.05) is 51.2 Å². The molecule has 0 saturated carbocycles. The molecule has 1 fully saturated rings. The fraction of sp³-hybridized carbons (Fsp3) is 0.412. The molecule has 2 aromatic rings. The van der Waals surface area contributed by atoms with Gasteiger partial charge in [-0.3, -0.25) is 9.69 Å². The highest BCUT2D eigenvalue weighted by molar-refractivity contribution is 5.94. The molecule has 0 N–H and O–H groups in total. The van der Waals surface area contributed by atoms with Crippen molar-refractivity contribution in [1.29, 1.82) is 0 Å². The Bertz CT molecular complexity index is 639. The second-order valence-corrected chi connectivity index (χ2v) is 5.89. The van der Waals surface area contributed by atoms with E-state index in [1.807, 2.05) is 60.1 Å². The summed E-state index contributed by atoms with van der Waals surface area (Å²) in [5.41, 5.74) is 1.96. The van der Waals surface area contributed by atoms with Crippen LogP contribution in [-0.4, -0.2) is 51.4 Å². The number of aryl methyl sites for hydroxylation is 2. The first-order valence-electron chi connectivity index (χ1n) is 7.68. The van der Waals surface area contributed by atoms with Crippen LogP contribution >= 0.6 is 0 Å². The Kier molecular flexibility index (Phi) is 4.24. The van der Waals surface area contributed by atoms with Gasteiger partial charge in [-0.25, -0.2) is 4.98 Å². The number of aromatic nitrogens is 2. The fourth-order valence-corrected chi connectivity index (χ4v) is 2.74. The number of carbonyl (C=O) groups excluding carboxylic acids is 1. The first kappa shape index (κ1) is 14.8. The predicted octanol–water partition coefficient (Wildman–Crippen LogP) is 1.69. The maximum absolute atomic E-state index is 12.5. The molecule has 0 bridgehead atoms. The number of amides is 1. The van der Waals surface area contributed by atoms with E-state index in [1.165, 1.54) is 5.56 Å². The molecule has 1 aromatic heterocycles. The summed E-state index contributed by atoms with van der Waals surface area (Å²) in [5, 5.41) is 0. The van der Waals surface area contributed by atoms with Gasteiger partial charge in [-0.2, -0.15) is 0 Å². The number of rotatable bonds is 3. The topological polar surface area (TPSA) is 41.4 Å².